The third-order valence-electron chi connectivity index (χ3n) is 2.10. The van der Waals surface area contributed by atoms with Crippen LogP contribution in [0.15, 0.2) is 23.4 Å². The molecular formula is C14H16FNO2. The van der Waals surface area contributed by atoms with Crippen molar-refractivity contribution in [3.05, 3.63) is 29.6 Å². The Labute approximate surface area is 106 Å². The largest absolute Gasteiger partial charge is 0.507 e. The topological polar surface area (TPSA) is 41.8 Å². The standard InChI is InChI=1S/C14H16FNO2/c1-2-3-4-5-6-9-18-16-11-12-10-13(15)7-8-14(12)17/h7-8,10-11,17H,2,5-6,9H2,1H3/b16-11+. The van der Waals surface area contributed by atoms with Crippen LogP contribution in [-0.4, -0.2) is 17.9 Å². The normalized spacial score (nSPS) is 10.1. The van der Waals surface area contributed by atoms with Gasteiger partial charge in [-0.05, 0) is 24.6 Å². The zero-order valence-electron chi connectivity index (χ0n) is 10.3. The van der Waals surface area contributed by atoms with Crippen molar-refractivity contribution in [3.63, 3.8) is 0 Å². The molecule has 1 N–H and O–H groups in total. The zero-order chi connectivity index (χ0) is 13.2. The summed E-state index contributed by atoms with van der Waals surface area (Å²) in [6, 6.07) is 3.64. The number of oxime groups is 1. The Hall–Kier alpha value is -2.02. The number of benzene rings is 1. The van der Waals surface area contributed by atoms with Crippen LogP contribution in [0, 0.1) is 17.7 Å². The monoisotopic (exact) mass is 249 g/mol. The van der Waals surface area contributed by atoms with Crippen molar-refractivity contribution in [1.29, 1.82) is 0 Å². The molecule has 0 amide bonds. The van der Waals surface area contributed by atoms with E-state index in [1.165, 1.54) is 24.4 Å². The Kier molecular flexibility index (Phi) is 6.34. The van der Waals surface area contributed by atoms with Crippen molar-refractivity contribution < 1.29 is 14.3 Å². The van der Waals surface area contributed by atoms with Crippen LogP contribution in [-0.2, 0) is 4.84 Å². The summed E-state index contributed by atoms with van der Waals surface area (Å²) in [7, 11) is 0. The van der Waals surface area contributed by atoms with Gasteiger partial charge in [-0.1, -0.05) is 12.1 Å². The molecule has 4 heteroatoms. The fourth-order valence-corrected chi connectivity index (χ4v) is 1.21. The molecule has 0 aliphatic carbocycles. The minimum Gasteiger partial charge on any atom is -0.507 e. The molecule has 1 rings (SSSR count). The maximum Gasteiger partial charge on any atom is 0.124 e. The highest BCUT2D eigenvalue weighted by Crippen LogP contribution is 2.15. The van der Waals surface area contributed by atoms with Crippen LogP contribution in [0.3, 0.4) is 0 Å². The number of halogens is 1. The molecule has 0 atom stereocenters. The minimum absolute atomic E-state index is 0.0300. The number of nitrogens with zero attached hydrogens (tertiary/aromatic N) is 1. The van der Waals surface area contributed by atoms with E-state index in [0.29, 0.717) is 12.2 Å². The Bertz CT molecular complexity index is 461. The van der Waals surface area contributed by atoms with Gasteiger partial charge < -0.3 is 9.94 Å². The maximum atomic E-state index is 12.9. The molecule has 0 fully saturated rings. The summed E-state index contributed by atoms with van der Waals surface area (Å²) in [5.41, 5.74) is 0.292. The Balaban J connectivity index is 2.30. The van der Waals surface area contributed by atoms with E-state index in [0.717, 1.165) is 19.3 Å². The summed E-state index contributed by atoms with van der Waals surface area (Å²) in [4.78, 5) is 4.98. The van der Waals surface area contributed by atoms with Crippen LogP contribution in [0.1, 0.15) is 31.7 Å². The SMILES string of the molecule is CCC#CCCCO/N=C/c1cc(F)ccc1O. The molecule has 0 saturated carbocycles. The van der Waals surface area contributed by atoms with Crippen LogP contribution in [0.25, 0.3) is 0 Å². The number of hydrogen-bond donors (Lipinski definition) is 1. The van der Waals surface area contributed by atoms with E-state index in [-0.39, 0.29) is 5.75 Å². The Morgan fingerprint density at radius 2 is 2.28 bits per heavy atom. The van der Waals surface area contributed by atoms with Gasteiger partial charge in [-0.25, -0.2) is 4.39 Å². The molecule has 3 nitrogen and oxygen atoms in total. The van der Waals surface area contributed by atoms with Crippen molar-refractivity contribution in [1.82, 2.24) is 0 Å². The van der Waals surface area contributed by atoms with Gasteiger partial charge in [-0.2, -0.15) is 0 Å². The first-order valence-corrected chi connectivity index (χ1v) is 5.83. The van der Waals surface area contributed by atoms with Crippen LogP contribution < -0.4 is 0 Å². The number of aromatic hydroxyl groups is 1. The number of unbranched alkanes of at least 4 members (excludes halogenated alkanes) is 1. The summed E-state index contributed by atoms with van der Waals surface area (Å²) in [6.07, 6.45) is 3.71. The lowest BCUT2D eigenvalue weighted by molar-refractivity contribution is 0.144. The van der Waals surface area contributed by atoms with Crippen molar-refractivity contribution in [2.24, 2.45) is 5.16 Å². The third kappa shape index (κ3) is 5.35. The van der Waals surface area contributed by atoms with E-state index in [4.69, 9.17) is 4.84 Å². The third-order valence-corrected chi connectivity index (χ3v) is 2.10. The second kappa shape index (κ2) is 8.13. The summed E-state index contributed by atoms with van der Waals surface area (Å²) in [5, 5.41) is 13.1. The highest BCUT2D eigenvalue weighted by molar-refractivity contribution is 5.82. The predicted molar refractivity (Wildman–Crippen MR) is 68.9 cm³/mol. The van der Waals surface area contributed by atoms with Gasteiger partial charge in [0, 0.05) is 18.4 Å². The predicted octanol–water partition coefficient (Wildman–Crippen LogP) is 3.08. The van der Waals surface area contributed by atoms with Crippen molar-refractivity contribution in [2.75, 3.05) is 6.61 Å². The molecule has 0 bridgehead atoms. The second-order valence-electron chi connectivity index (χ2n) is 3.58. The zero-order valence-corrected chi connectivity index (χ0v) is 10.3. The van der Waals surface area contributed by atoms with Crippen molar-refractivity contribution in [2.45, 2.75) is 26.2 Å². The van der Waals surface area contributed by atoms with Crippen LogP contribution in [0.2, 0.25) is 0 Å². The lowest BCUT2D eigenvalue weighted by Crippen LogP contribution is -1.90. The molecule has 0 unspecified atom stereocenters. The van der Waals surface area contributed by atoms with Gasteiger partial charge in [0.15, 0.2) is 0 Å². The molecule has 96 valence electrons. The average molecular weight is 249 g/mol. The van der Waals surface area contributed by atoms with E-state index in [1.807, 2.05) is 6.92 Å². The first-order chi connectivity index (χ1) is 8.74. The van der Waals surface area contributed by atoms with Gasteiger partial charge in [-0.3, -0.25) is 0 Å². The molecule has 18 heavy (non-hydrogen) atoms. The minimum atomic E-state index is -0.427. The Morgan fingerprint density at radius 1 is 1.44 bits per heavy atom. The summed E-state index contributed by atoms with van der Waals surface area (Å²) in [5.74, 6) is 5.49. The lowest BCUT2D eigenvalue weighted by Gasteiger charge is -1.99. The molecule has 1 aromatic rings. The number of rotatable bonds is 5. The van der Waals surface area contributed by atoms with E-state index in [9.17, 15) is 9.50 Å². The molecule has 0 aliphatic rings. The van der Waals surface area contributed by atoms with Gasteiger partial charge in [-0.15, -0.1) is 11.8 Å². The van der Waals surface area contributed by atoms with E-state index in [2.05, 4.69) is 17.0 Å². The number of phenols is 1. The van der Waals surface area contributed by atoms with Gasteiger partial charge >= 0.3 is 0 Å². The highest BCUT2D eigenvalue weighted by atomic mass is 19.1. The van der Waals surface area contributed by atoms with Crippen molar-refractivity contribution in [3.8, 4) is 17.6 Å². The fourth-order valence-electron chi connectivity index (χ4n) is 1.21. The molecular weight excluding hydrogens is 233 g/mol. The number of hydrogen-bond acceptors (Lipinski definition) is 3. The summed E-state index contributed by atoms with van der Waals surface area (Å²) in [6.45, 7) is 2.45. The second-order valence-corrected chi connectivity index (χ2v) is 3.58. The van der Waals surface area contributed by atoms with Crippen LogP contribution in [0.5, 0.6) is 5.75 Å². The van der Waals surface area contributed by atoms with Gasteiger partial charge in [0.2, 0.25) is 0 Å². The maximum absolute atomic E-state index is 12.9. The van der Waals surface area contributed by atoms with Gasteiger partial charge in [0.05, 0.1) is 6.21 Å². The number of phenolic OH excluding ortho intramolecular Hbond substituents is 1. The van der Waals surface area contributed by atoms with E-state index >= 15 is 0 Å². The summed E-state index contributed by atoms with van der Waals surface area (Å²) >= 11 is 0. The lowest BCUT2D eigenvalue weighted by atomic mass is 10.2. The molecule has 0 saturated heterocycles. The molecule has 1 aromatic carbocycles. The highest BCUT2D eigenvalue weighted by Gasteiger charge is 1.99. The van der Waals surface area contributed by atoms with Gasteiger partial charge in [0.25, 0.3) is 0 Å². The first-order valence-electron chi connectivity index (χ1n) is 5.83. The molecule has 0 aromatic heterocycles. The smallest absolute Gasteiger partial charge is 0.124 e. The average Bonchev–Trinajstić information content (AvgIpc) is 2.36. The van der Waals surface area contributed by atoms with Crippen molar-refractivity contribution >= 4 is 6.21 Å². The Morgan fingerprint density at radius 3 is 3.06 bits per heavy atom. The van der Waals surface area contributed by atoms with Crippen LogP contribution >= 0.6 is 0 Å². The van der Waals surface area contributed by atoms with E-state index < -0.39 is 5.82 Å². The van der Waals surface area contributed by atoms with Gasteiger partial charge in [0.1, 0.15) is 18.2 Å². The fraction of sp³-hybridized carbons (Fsp3) is 0.357. The molecule has 0 heterocycles. The molecule has 0 radical (unpaired) electrons. The quantitative estimate of drug-likeness (QED) is 0.377. The van der Waals surface area contributed by atoms with E-state index in [1.54, 1.807) is 0 Å². The first kappa shape index (κ1) is 14.0. The molecule has 0 aliphatic heterocycles. The summed E-state index contributed by atoms with van der Waals surface area (Å²) < 4.78 is 12.9. The van der Waals surface area contributed by atoms with Crippen LogP contribution in [0.4, 0.5) is 4.39 Å². The molecule has 0 spiro atoms.